The first-order chi connectivity index (χ1) is 14.2. The van der Waals surface area contributed by atoms with Gasteiger partial charge in [-0.1, -0.05) is 30.3 Å². The summed E-state index contributed by atoms with van der Waals surface area (Å²) in [4.78, 5) is 30.6. The third-order valence-electron chi connectivity index (χ3n) is 4.35. The molecule has 1 N–H and O–H groups in total. The Balaban J connectivity index is 1.39. The molecule has 1 aliphatic heterocycles. The van der Waals surface area contributed by atoms with Crippen LogP contribution in [-0.2, 0) is 15.3 Å². The molecule has 0 spiro atoms. The minimum Gasteiger partial charge on any atom is -0.482 e. The fraction of sp³-hybridized carbons (Fsp3) is 0.136. The topological polar surface area (TPSA) is 71.5 Å². The van der Waals surface area contributed by atoms with Crippen LogP contribution in [0.2, 0.25) is 0 Å². The summed E-state index contributed by atoms with van der Waals surface area (Å²) in [7, 11) is 0. The van der Waals surface area contributed by atoms with E-state index in [1.165, 1.54) is 4.90 Å². The highest BCUT2D eigenvalue weighted by molar-refractivity contribution is 7.98. The number of benzene rings is 2. The Bertz CT molecular complexity index is 1030. The van der Waals surface area contributed by atoms with E-state index in [0.29, 0.717) is 17.1 Å². The first-order valence-corrected chi connectivity index (χ1v) is 10.1. The van der Waals surface area contributed by atoms with Gasteiger partial charge in [0, 0.05) is 17.6 Å². The quantitative estimate of drug-likeness (QED) is 0.633. The molecule has 0 radical (unpaired) electrons. The van der Waals surface area contributed by atoms with Gasteiger partial charge in [0.1, 0.15) is 12.3 Å². The maximum Gasteiger partial charge on any atom is 0.265 e. The monoisotopic (exact) mass is 405 g/mol. The molecule has 6 nitrogen and oxygen atoms in total. The normalized spacial score (nSPS) is 12.8. The molecule has 0 fully saturated rings. The van der Waals surface area contributed by atoms with Crippen LogP contribution in [0, 0.1) is 0 Å². The van der Waals surface area contributed by atoms with E-state index in [4.69, 9.17) is 4.74 Å². The van der Waals surface area contributed by atoms with E-state index in [-0.39, 0.29) is 25.0 Å². The number of amides is 2. The number of nitrogens with one attached hydrogen (secondary N) is 1. The lowest BCUT2D eigenvalue weighted by Crippen LogP contribution is -2.43. The van der Waals surface area contributed by atoms with Crippen molar-refractivity contribution in [2.45, 2.75) is 10.8 Å². The first kappa shape index (κ1) is 19.0. The van der Waals surface area contributed by atoms with E-state index in [1.807, 2.05) is 54.6 Å². The smallest absolute Gasteiger partial charge is 0.265 e. The number of rotatable bonds is 6. The Morgan fingerprint density at radius 1 is 1.10 bits per heavy atom. The van der Waals surface area contributed by atoms with Gasteiger partial charge in [0.2, 0.25) is 5.91 Å². The first-order valence-electron chi connectivity index (χ1n) is 9.14. The Hall–Kier alpha value is -3.32. The van der Waals surface area contributed by atoms with Crippen molar-refractivity contribution in [3.63, 3.8) is 0 Å². The number of carbonyl (C=O) groups is 2. The Kier molecular flexibility index (Phi) is 5.76. The number of thioether (sulfide) groups is 1. The Morgan fingerprint density at radius 2 is 1.97 bits per heavy atom. The van der Waals surface area contributed by atoms with Crippen molar-refractivity contribution in [3.8, 4) is 5.75 Å². The molecule has 0 bridgehead atoms. The molecule has 2 heterocycles. The molecule has 146 valence electrons. The van der Waals surface area contributed by atoms with Crippen molar-refractivity contribution < 1.29 is 14.3 Å². The number of hydrogen-bond acceptors (Lipinski definition) is 5. The van der Waals surface area contributed by atoms with E-state index in [0.717, 1.165) is 16.3 Å². The molecule has 29 heavy (non-hydrogen) atoms. The largest absolute Gasteiger partial charge is 0.482 e. The molecule has 0 atom stereocenters. The number of carbonyl (C=O) groups excluding carboxylic acids is 2. The van der Waals surface area contributed by atoms with Crippen molar-refractivity contribution >= 4 is 35.0 Å². The van der Waals surface area contributed by atoms with Gasteiger partial charge in [-0.2, -0.15) is 0 Å². The SMILES string of the molecule is O=C(CN1C(=O)COc2ccccc21)Nc1cccc(CSc2ccccn2)c1. The van der Waals surface area contributed by atoms with Crippen LogP contribution < -0.4 is 15.0 Å². The molecular formula is C22H19N3O3S. The second-order valence-corrected chi connectivity index (χ2v) is 7.44. The molecule has 1 aliphatic rings. The summed E-state index contributed by atoms with van der Waals surface area (Å²) >= 11 is 1.63. The van der Waals surface area contributed by atoms with E-state index in [2.05, 4.69) is 10.3 Å². The fourth-order valence-corrected chi connectivity index (χ4v) is 3.80. The molecule has 7 heteroatoms. The highest BCUT2D eigenvalue weighted by atomic mass is 32.2. The minimum absolute atomic E-state index is 0.0634. The van der Waals surface area contributed by atoms with Gasteiger partial charge in [0.25, 0.3) is 5.91 Å². The standard InChI is InChI=1S/C22H19N3O3S/c26-20(13-25-18-8-1-2-9-19(18)28-14-22(25)27)24-17-7-5-6-16(12-17)15-29-21-10-3-4-11-23-21/h1-12H,13-15H2,(H,24,26). The van der Waals surface area contributed by atoms with E-state index in [9.17, 15) is 9.59 Å². The summed E-state index contributed by atoms with van der Waals surface area (Å²) in [5, 5.41) is 3.83. The molecule has 1 aromatic heterocycles. The summed E-state index contributed by atoms with van der Waals surface area (Å²) in [5.41, 5.74) is 2.38. The summed E-state index contributed by atoms with van der Waals surface area (Å²) in [6, 6.07) is 20.7. The fourth-order valence-electron chi connectivity index (χ4n) is 3.00. The number of para-hydroxylation sites is 2. The van der Waals surface area contributed by atoms with Crippen molar-refractivity contribution in [2.24, 2.45) is 0 Å². The van der Waals surface area contributed by atoms with Gasteiger partial charge in [0.05, 0.1) is 10.7 Å². The van der Waals surface area contributed by atoms with Crippen molar-refractivity contribution in [1.82, 2.24) is 4.98 Å². The van der Waals surface area contributed by atoms with E-state index in [1.54, 1.807) is 30.1 Å². The third-order valence-corrected chi connectivity index (χ3v) is 5.36. The van der Waals surface area contributed by atoms with Crippen LogP contribution >= 0.6 is 11.8 Å². The highest BCUT2D eigenvalue weighted by Gasteiger charge is 2.26. The maximum atomic E-state index is 12.6. The van der Waals surface area contributed by atoms with Crippen LogP contribution in [0.1, 0.15) is 5.56 Å². The lowest BCUT2D eigenvalue weighted by atomic mass is 10.2. The minimum atomic E-state index is -0.260. The van der Waals surface area contributed by atoms with Gasteiger partial charge in [-0.05, 0) is 42.0 Å². The van der Waals surface area contributed by atoms with Crippen molar-refractivity contribution in [1.29, 1.82) is 0 Å². The number of pyridine rings is 1. The van der Waals surface area contributed by atoms with Crippen LogP contribution in [0.25, 0.3) is 0 Å². The number of nitrogens with zero attached hydrogens (tertiary/aromatic N) is 2. The van der Waals surface area contributed by atoms with Gasteiger partial charge in [-0.15, -0.1) is 11.8 Å². The Morgan fingerprint density at radius 3 is 2.83 bits per heavy atom. The highest BCUT2D eigenvalue weighted by Crippen LogP contribution is 2.31. The van der Waals surface area contributed by atoms with Crippen LogP contribution in [0.15, 0.2) is 78.0 Å². The number of hydrogen-bond donors (Lipinski definition) is 1. The molecular weight excluding hydrogens is 386 g/mol. The van der Waals surface area contributed by atoms with Gasteiger partial charge < -0.3 is 10.1 Å². The summed E-state index contributed by atoms with van der Waals surface area (Å²) in [5.74, 6) is 0.855. The van der Waals surface area contributed by atoms with Crippen molar-refractivity contribution in [3.05, 3.63) is 78.5 Å². The molecule has 0 saturated carbocycles. The average molecular weight is 405 g/mol. The van der Waals surface area contributed by atoms with Crippen molar-refractivity contribution in [2.75, 3.05) is 23.4 Å². The van der Waals surface area contributed by atoms with Crippen LogP contribution in [0.3, 0.4) is 0 Å². The number of aromatic nitrogens is 1. The second kappa shape index (κ2) is 8.79. The van der Waals surface area contributed by atoms with Gasteiger partial charge in [0.15, 0.2) is 6.61 Å². The summed E-state index contributed by atoms with van der Waals surface area (Å²) in [6.45, 7) is -0.128. The molecule has 3 aromatic rings. The van der Waals surface area contributed by atoms with Gasteiger partial charge in [-0.3, -0.25) is 14.5 Å². The lowest BCUT2D eigenvalue weighted by molar-refractivity contribution is -0.123. The predicted molar refractivity (Wildman–Crippen MR) is 113 cm³/mol. The summed E-state index contributed by atoms with van der Waals surface area (Å²) < 4.78 is 5.41. The Labute approximate surface area is 172 Å². The molecule has 2 amide bonds. The lowest BCUT2D eigenvalue weighted by Gasteiger charge is -2.28. The summed E-state index contributed by atoms with van der Waals surface area (Å²) in [6.07, 6.45) is 1.77. The van der Waals surface area contributed by atoms with E-state index < -0.39 is 0 Å². The molecule has 4 rings (SSSR count). The second-order valence-electron chi connectivity index (χ2n) is 6.44. The zero-order valence-electron chi connectivity index (χ0n) is 15.6. The molecule has 0 aliphatic carbocycles. The number of ether oxygens (including phenoxy) is 1. The van der Waals surface area contributed by atoms with Crippen LogP contribution in [0.5, 0.6) is 5.75 Å². The molecule has 0 saturated heterocycles. The van der Waals surface area contributed by atoms with Gasteiger partial charge >= 0.3 is 0 Å². The zero-order valence-corrected chi connectivity index (χ0v) is 16.4. The number of fused-ring (bicyclic) bond motifs is 1. The maximum absolute atomic E-state index is 12.6. The number of anilines is 2. The average Bonchev–Trinajstić information content (AvgIpc) is 2.75. The van der Waals surface area contributed by atoms with Gasteiger partial charge in [-0.25, -0.2) is 4.98 Å². The third kappa shape index (κ3) is 4.75. The molecule has 2 aromatic carbocycles. The van der Waals surface area contributed by atoms with E-state index >= 15 is 0 Å². The van der Waals surface area contributed by atoms with Crippen LogP contribution in [0.4, 0.5) is 11.4 Å². The predicted octanol–water partition coefficient (Wildman–Crippen LogP) is 3.74. The van der Waals surface area contributed by atoms with Crippen LogP contribution in [-0.4, -0.2) is 29.9 Å². The zero-order chi connectivity index (χ0) is 20.1. The molecule has 0 unspecified atom stereocenters.